The van der Waals surface area contributed by atoms with E-state index < -0.39 is 10.0 Å². The van der Waals surface area contributed by atoms with Crippen LogP contribution in [0.25, 0.3) is 0 Å². The molecule has 6 heteroatoms. The zero-order valence-electron chi connectivity index (χ0n) is 16.1. The molecule has 1 aliphatic rings. The van der Waals surface area contributed by atoms with Crippen molar-refractivity contribution in [2.24, 2.45) is 0 Å². The molecule has 0 bridgehead atoms. The van der Waals surface area contributed by atoms with Crippen molar-refractivity contribution in [1.82, 2.24) is 9.21 Å². The third-order valence-corrected chi connectivity index (χ3v) is 6.71. The van der Waals surface area contributed by atoms with Gasteiger partial charge in [-0.15, -0.1) is 0 Å². The quantitative estimate of drug-likeness (QED) is 0.732. The van der Waals surface area contributed by atoms with Gasteiger partial charge in [0.05, 0.1) is 12.4 Å². The average molecular weight is 389 g/mol. The number of rotatable bonds is 7. The van der Waals surface area contributed by atoms with Crippen LogP contribution in [0.5, 0.6) is 5.75 Å². The van der Waals surface area contributed by atoms with Crippen molar-refractivity contribution in [1.29, 1.82) is 0 Å². The third-order valence-electron chi connectivity index (χ3n) is 4.86. The summed E-state index contributed by atoms with van der Waals surface area (Å²) in [5.74, 6) is 0.981. The highest BCUT2D eigenvalue weighted by Gasteiger charge is 2.27. The Kier molecular flexibility index (Phi) is 6.52. The number of sulfonamides is 1. The molecule has 0 N–H and O–H groups in total. The lowest BCUT2D eigenvalue weighted by atomic mass is 10.2. The monoisotopic (exact) mass is 388 g/mol. The molecular formula is C21H28N2O3S. The summed E-state index contributed by atoms with van der Waals surface area (Å²) in [6, 6.07) is 15.8. The largest absolute Gasteiger partial charge is 0.494 e. The molecule has 5 nitrogen and oxygen atoms in total. The molecule has 0 radical (unpaired) electrons. The molecule has 2 aromatic carbocycles. The Labute approximate surface area is 162 Å². The van der Waals surface area contributed by atoms with E-state index in [-0.39, 0.29) is 5.75 Å². The van der Waals surface area contributed by atoms with E-state index in [9.17, 15) is 8.42 Å². The lowest BCUT2D eigenvalue weighted by Crippen LogP contribution is -2.48. The zero-order chi connectivity index (χ0) is 19.3. The molecule has 1 heterocycles. The fourth-order valence-electron chi connectivity index (χ4n) is 3.32. The van der Waals surface area contributed by atoms with Crippen molar-refractivity contribution in [3.63, 3.8) is 0 Å². The van der Waals surface area contributed by atoms with Gasteiger partial charge < -0.3 is 4.74 Å². The number of nitrogens with zero attached hydrogens (tertiary/aromatic N) is 2. The van der Waals surface area contributed by atoms with Gasteiger partial charge in [0.15, 0.2) is 0 Å². The van der Waals surface area contributed by atoms with Crippen molar-refractivity contribution >= 4 is 10.0 Å². The van der Waals surface area contributed by atoms with Crippen LogP contribution < -0.4 is 4.74 Å². The highest BCUT2D eigenvalue weighted by molar-refractivity contribution is 7.88. The second-order valence-corrected chi connectivity index (χ2v) is 8.93. The molecule has 3 rings (SSSR count). The molecule has 0 saturated carbocycles. The average Bonchev–Trinajstić information content (AvgIpc) is 2.66. The van der Waals surface area contributed by atoms with Gasteiger partial charge in [0.2, 0.25) is 10.0 Å². The molecule has 1 saturated heterocycles. The summed E-state index contributed by atoms with van der Waals surface area (Å²) in [6.45, 7) is 7.93. The standard InChI is InChI=1S/C21H28N2O3S/c1-3-26-21-7-5-4-6-20(21)16-22-12-14-23(15-13-22)27(24,25)17-19-10-8-18(2)9-11-19/h4-11H,3,12-17H2,1-2H3. The Hall–Kier alpha value is -1.89. The second-order valence-electron chi connectivity index (χ2n) is 6.96. The van der Waals surface area contributed by atoms with Crippen LogP contribution in [-0.2, 0) is 22.3 Å². The molecule has 1 aliphatic heterocycles. The SMILES string of the molecule is CCOc1ccccc1CN1CCN(S(=O)(=O)Cc2ccc(C)cc2)CC1. The van der Waals surface area contributed by atoms with Gasteiger partial charge in [0.25, 0.3) is 0 Å². The van der Waals surface area contributed by atoms with Crippen LogP contribution in [0.2, 0.25) is 0 Å². The first kappa shape index (κ1) is 19.9. The van der Waals surface area contributed by atoms with E-state index in [0.29, 0.717) is 19.7 Å². The number of para-hydroxylation sites is 1. The number of hydrogen-bond donors (Lipinski definition) is 0. The molecule has 2 aromatic rings. The van der Waals surface area contributed by atoms with Crippen LogP contribution in [-0.4, -0.2) is 50.4 Å². The highest BCUT2D eigenvalue weighted by Crippen LogP contribution is 2.21. The molecule has 146 valence electrons. The molecular weight excluding hydrogens is 360 g/mol. The second kappa shape index (κ2) is 8.87. The first-order chi connectivity index (χ1) is 13.0. The van der Waals surface area contributed by atoms with E-state index in [1.807, 2.05) is 56.3 Å². The Morgan fingerprint density at radius 2 is 1.63 bits per heavy atom. The fraction of sp³-hybridized carbons (Fsp3) is 0.429. The molecule has 0 unspecified atom stereocenters. The van der Waals surface area contributed by atoms with E-state index in [0.717, 1.165) is 42.1 Å². The number of ether oxygens (including phenoxy) is 1. The summed E-state index contributed by atoms with van der Waals surface area (Å²) < 4.78 is 32.8. The molecule has 1 fully saturated rings. The van der Waals surface area contributed by atoms with Gasteiger partial charge in [-0.2, -0.15) is 4.31 Å². The normalized spacial score (nSPS) is 16.4. The Morgan fingerprint density at radius 3 is 2.30 bits per heavy atom. The molecule has 27 heavy (non-hydrogen) atoms. The Morgan fingerprint density at radius 1 is 0.963 bits per heavy atom. The lowest BCUT2D eigenvalue weighted by molar-refractivity contribution is 0.179. The molecule has 0 aromatic heterocycles. The minimum Gasteiger partial charge on any atom is -0.494 e. The van der Waals surface area contributed by atoms with E-state index in [4.69, 9.17) is 4.74 Å². The Balaban J connectivity index is 1.57. The summed E-state index contributed by atoms with van der Waals surface area (Å²) in [5, 5.41) is 0. The topological polar surface area (TPSA) is 49.9 Å². The maximum atomic E-state index is 12.7. The van der Waals surface area contributed by atoms with E-state index in [1.165, 1.54) is 0 Å². The summed E-state index contributed by atoms with van der Waals surface area (Å²) in [4.78, 5) is 2.29. The smallest absolute Gasteiger partial charge is 0.218 e. The van der Waals surface area contributed by atoms with Crippen molar-refractivity contribution in [2.75, 3.05) is 32.8 Å². The molecule has 0 atom stereocenters. The van der Waals surface area contributed by atoms with Crippen molar-refractivity contribution < 1.29 is 13.2 Å². The van der Waals surface area contributed by atoms with E-state index in [1.54, 1.807) is 4.31 Å². The first-order valence-corrected chi connectivity index (χ1v) is 11.1. The van der Waals surface area contributed by atoms with Crippen molar-refractivity contribution in [2.45, 2.75) is 26.1 Å². The number of piperazine rings is 1. The van der Waals surface area contributed by atoms with Crippen LogP contribution in [0.4, 0.5) is 0 Å². The van der Waals surface area contributed by atoms with Gasteiger partial charge in [-0.1, -0.05) is 48.0 Å². The molecule has 0 spiro atoms. The lowest BCUT2D eigenvalue weighted by Gasteiger charge is -2.34. The van der Waals surface area contributed by atoms with Gasteiger partial charge in [-0.05, 0) is 25.5 Å². The van der Waals surface area contributed by atoms with Gasteiger partial charge in [-0.25, -0.2) is 8.42 Å². The maximum Gasteiger partial charge on any atom is 0.218 e. The predicted octanol–water partition coefficient (Wildman–Crippen LogP) is 3.04. The van der Waals surface area contributed by atoms with Crippen LogP contribution in [0, 0.1) is 6.92 Å². The minimum atomic E-state index is -3.28. The fourth-order valence-corrected chi connectivity index (χ4v) is 4.84. The first-order valence-electron chi connectivity index (χ1n) is 9.44. The van der Waals surface area contributed by atoms with Crippen LogP contribution in [0.3, 0.4) is 0 Å². The van der Waals surface area contributed by atoms with Crippen LogP contribution >= 0.6 is 0 Å². The third kappa shape index (κ3) is 5.31. The Bertz CT molecular complexity index is 842. The summed E-state index contributed by atoms with van der Waals surface area (Å²) >= 11 is 0. The molecule has 0 aliphatic carbocycles. The molecule has 0 amide bonds. The van der Waals surface area contributed by atoms with Crippen LogP contribution in [0.15, 0.2) is 48.5 Å². The predicted molar refractivity (Wildman–Crippen MR) is 108 cm³/mol. The van der Waals surface area contributed by atoms with Gasteiger partial charge in [0, 0.05) is 38.3 Å². The number of benzene rings is 2. The van der Waals surface area contributed by atoms with Gasteiger partial charge in [0.1, 0.15) is 5.75 Å². The maximum absolute atomic E-state index is 12.7. The summed E-state index contributed by atoms with van der Waals surface area (Å²) in [7, 11) is -3.28. The summed E-state index contributed by atoms with van der Waals surface area (Å²) in [6.07, 6.45) is 0. The number of hydrogen-bond acceptors (Lipinski definition) is 4. The van der Waals surface area contributed by atoms with Gasteiger partial charge in [-0.3, -0.25) is 4.90 Å². The van der Waals surface area contributed by atoms with E-state index >= 15 is 0 Å². The van der Waals surface area contributed by atoms with Crippen molar-refractivity contribution in [3.05, 3.63) is 65.2 Å². The zero-order valence-corrected chi connectivity index (χ0v) is 16.9. The summed E-state index contributed by atoms with van der Waals surface area (Å²) in [5.41, 5.74) is 3.13. The van der Waals surface area contributed by atoms with Crippen molar-refractivity contribution in [3.8, 4) is 5.75 Å². The minimum absolute atomic E-state index is 0.0699. The van der Waals surface area contributed by atoms with Gasteiger partial charge >= 0.3 is 0 Å². The number of aryl methyl sites for hydroxylation is 1. The van der Waals surface area contributed by atoms with Crippen LogP contribution in [0.1, 0.15) is 23.6 Å². The van der Waals surface area contributed by atoms with E-state index in [2.05, 4.69) is 11.0 Å². The highest BCUT2D eigenvalue weighted by atomic mass is 32.2.